The van der Waals surface area contributed by atoms with Crippen molar-refractivity contribution in [1.82, 2.24) is 4.90 Å². The number of alkyl halides is 4. The number of fused-ring (bicyclic) bond motifs is 5. The number of benzene rings is 1. The molecule has 51 heavy (non-hydrogen) atoms. The molecule has 2 heterocycles. The monoisotopic (exact) mass is 755 g/mol. The Hall–Kier alpha value is -1.03. The smallest absolute Gasteiger partial charge is 0.410 e. The Morgan fingerprint density at radius 1 is 1.08 bits per heavy atom. The number of nitrogens with zero attached hydrogens (tertiary/aromatic N) is 1. The van der Waals surface area contributed by atoms with Crippen molar-refractivity contribution in [2.24, 2.45) is 22.7 Å². The zero-order valence-electron chi connectivity index (χ0n) is 31.3. The molecule has 0 aromatic heterocycles. The number of halogens is 4. The predicted octanol–water partition coefficient (Wildman–Crippen LogP) is 10.4. The second-order valence-corrected chi connectivity index (χ2v) is 22.1. The van der Waals surface area contributed by atoms with Crippen LogP contribution in [0.2, 0.25) is 0 Å². The molecule has 2 radical (unpaired) electrons. The van der Waals surface area contributed by atoms with Crippen LogP contribution < -0.4 is 4.74 Å². The molecule has 1 aromatic rings. The van der Waals surface area contributed by atoms with Gasteiger partial charge in [0.15, 0.2) is 7.85 Å². The number of ether oxygens (including phenoxy) is 2. The quantitative estimate of drug-likeness (QED) is 0.118. The van der Waals surface area contributed by atoms with E-state index in [0.29, 0.717) is 34.7 Å². The van der Waals surface area contributed by atoms with Crippen molar-refractivity contribution in [1.29, 1.82) is 0 Å². The van der Waals surface area contributed by atoms with Crippen molar-refractivity contribution in [2.75, 3.05) is 38.7 Å². The van der Waals surface area contributed by atoms with Crippen molar-refractivity contribution in [3.05, 3.63) is 29.3 Å². The van der Waals surface area contributed by atoms with Gasteiger partial charge in [-0.05, 0) is 154 Å². The van der Waals surface area contributed by atoms with Gasteiger partial charge in [0.1, 0.15) is 5.75 Å². The summed E-state index contributed by atoms with van der Waals surface area (Å²) in [7, 11) is 3.81. The Morgan fingerprint density at radius 2 is 1.76 bits per heavy atom. The first kappa shape index (κ1) is 41.1. The molecular formula is C39H59BF4NO4PS. The Bertz CT molecular complexity index is 1330. The number of hydrogen-bond donors (Lipinski definition) is 1. The fraction of sp³-hybridized carbons (Fsp3) is 0.821. The van der Waals surface area contributed by atoms with Gasteiger partial charge < -0.3 is 19.5 Å². The van der Waals surface area contributed by atoms with E-state index in [1.807, 2.05) is 11.0 Å². The van der Waals surface area contributed by atoms with Crippen LogP contribution in [-0.2, 0) is 11.2 Å². The lowest BCUT2D eigenvalue weighted by molar-refractivity contribution is -0.161. The average molecular weight is 756 g/mol. The van der Waals surface area contributed by atoms with E-state index < -0.39 is 18.2 Å². The van der Waals surface area contributed by atoms with E-state index in [2.05, 4.69) is 54.3 Å². The zero-order valence-corrected chi connectivity index (χ0v) is 33.0. The van der Waals surface area contributed by atoms with E-state index in [1.54, 1.807) is 11.4 Å². The van der Waals surface area contributed by atoms with E-state index in [1.165, 1.54) is 30.4 Å². The van der Waals surface area contributed by atoms with Gasteiger partial charge in [-0.3, -0.25) is 0 Å². The molecule has 1 aromatic carbocycles. The van der Waals surface area contributed by atoms with Crippen LogP contribution in [0.25, 0.3) is 0 Å². The highest BCUT2D eigenvalue weighted by Gasteiger charge is 2.54. The molecule has 1 amide bonds. The minimum atomic E-state index is -4.42. The summed E-state index contributed by atoms with van der Waals surface area (Å²) in [6, 6.07) is 6.38. The van der Waals surface area contributed by atoms with E-state index in [4.69, 9.17) is 9.47 Å². The van der Waals surface area contributed by atoms with E-state index in [9.17, 15) is 27.5 Å². The highest BCUT2D eigenvalue weighted by molar-refractivity contribution is 8.55. The fourth-order valence-electron chi connectivity index (χ4n) is 9.29. The first-order valence-electron chi connectivity index (χ1n) is 19.2. The Labute approximate surface area is 310 Å². The standard InChI is InChI=1S/C28H39NO4.C11H20BF4PS/c1-27-9-8-22-21-5-3-20(18-19(21)2-4-23(22)24(27)6-7-25(27)30)33-26(31)29-14-10-28(11-15-29)12-16-32-17-13-28;1-5-9(2,3)17(4)18-8-6-7-10(13,14)11(12,15)16/h3,5,18,22-25,30H,2,4,6-17H2,1H3;5-8H2,1-4H3. The number of carbonyl (C=O) groups is 1. The highest BCUT2D eigenvalue weighted by Crippen LogP contribution is 2.61. The third-order valence-corrected chi connectivity index (χ3v) is 19.7. The van der Waals surface area contributed by atoms with Crippen molar-refractivity contribution in [2.45, 2.75) is 140 Å². The Balaban J connectivity index is 0.000000241. The summed E-state index contributed by atoms with van der Waals surface area (Å²) >= 11 is 1.61. The lowest BCUT2D eigenvalue weighted by atomic mass is 9.55. The molecule has 12 heteroatoms. The highest BCUT2D eigenvalue weighted by atomic mass is 32.7. The third-order valence-electron chi connectivity index (χ3n) is 13.6. The molecule has 6 rings (SSSR count). The van der Waals surface area contributed by atoms with Crippen LogP contribution in [0, 0.1) is 22.7 Å². The molecule has 2 aliphatic heterocycles. The molecule has 6 unspecified atom stereocenters. The maximum Gasteiger partial charge on any atom is 0.415 e. The minimum absolute atomic E-state index is 0.0525. The Morgan fingerprint density at radius 3 is 2.41 bits per heavy atom. The summed E-state index contributed by atoms with van der Waals surface area (Å²) in [6.07, 6.45) is 11.0. The molecular weight excluding hydrogens is 696 g/mol. The van der Waals surface area contributed by atoms with Gasteiger partial charge in [-0.25, -0.2) is 22.4 Å². The molecule has 0 bridgehead atoms. The van der Waals surface area contributed by atoms with Crippen LogP contribution >= 0.6 is 18.5 Å². The number of hydrogen-bond acceptors (Lipinski definition) is 5. The minimum Gasteiger partial charge on any atom is -0.410 e. The van der Waals surface area contributed by atoms with E-state index in [-0.39, 0.29) is 36.3 Å². The maximum atomic E-state index is 12.9. The van der Waals surface area contributed by atoms with Crippen LogP contribution in [-0.4, -0.2) is 85.7 Å². The van der Waals surface area contributed by atoms with Gasteiger partial charge in [-0.1, -0.05) is 33.8 Å². The largest absolute Gasteiger partial charge is 0.415 e. The van der Waals surface area contributed by atoms with E-state index >= 15 is 0 Å². The number of aryl methyl sites for hydroxylation is 1. The number of likely N-dealkylation sites (tertiary alicyclic amines) is 1. The van der Waals surface area contributed by atoms with Gasteiger partial charge in [0.25, 0.3) is 11.7 Å². The lowest BCUT2D eigenvalue weighted by Gasteiger charge is -2.50. The molecule has 3 aliphatic carbocycles. The van der Waals surface area contributed by atoms with Gasteiger partial charge in [-0.15, -0.1) is 11.4 Å². The molecule has 1 spiro atoms. The molecule has 4 fully saturated rings. The van der Waals surface area contributed by atoms with Crippen molar-refractivity contribution in [3.63, 3.8) is 0 Å². The summed E-state index contributed by atoms with van der Waals surface area (Å²) in [4.78, 5) is 14.8. The first-order valence-corrected chi connectivity index (χ1v) is 22.6. The zero-order chi connectivity index (χ0) is 37.2. The fourth-order valence-corrected chi connectivity index (χ4v) is 13.3. The summed E-state index contributed by atoms with van der Waals surface area (Å²) < 4.78 is 61.9. The SMILES string of the molecule is CC12CCC3c4ccc(OC(=O)N5CCC6(CCOCC6)CC5)cc4CCC3C1CCC2O.[B]C(F)(F)C(F)(F)CCCSP(C)C(C)(C)CC. The van der Waals surface area contributed by atoms with Crippen LogP contribution in [0.15, 0.2) is 18.2 Å². The normalized spacial score (nSPS) is 29.6. The van der Waals surface area contributed by atoms with Gasteiger partial charge >= 0.3 is 6.09 Å². The summed E-state index contributed by atoms with van der Waals surface area (Å²) in [5, 5.41) is 10.8. The van der Waals surface area contributed by atoms with Crippen LogP contribution in [0.1, 0.15) is 122 Å². The molecule has 286 valence electrons. The van der Waals surface area contributed by atoms with Gasteiger partial charge in [0.2, 0.25) is 0 Å². The van der Waals surface area contributed by atoms with Gasteiger partial charge in [-0.2, -0.15) is 0 Å². The van der Waals surface area contributed by atoms with Crippen molar-refractivity contribution in [3.8, 4) is 5.75 Å². The summed E-state index contributed by atoms with van der Waals surface area (Å²) in [5.41, 5.74) is 3.33. The second kappa shape index (κ2) is 16.4. The van der Waals surface area contributed by atoms with Gasteiger partial charge in [0.05, 0.1) is 6.10 Å². The molecule has 5 aliphatic rings. The number of amides is 1. The summed E-state index contributed by atoms with van der Waals surface area (Å²) in [6.45, 7) is 14.1. The Kier molecular flexibility index (Phi) is 13.2. The van der Waals surface area contributed by atoms with Crippen molar-refractivity contribution >= 4 is 32.4 Å². The molecule has 2 saturated carbocycles. The number of piperidine rings is 1. The summed E-state index contributed by atoms with van der Waals surface area (Å²) in [5.74, 6) is -5.43. The topological polar surface area (TPSA) is 59.0 Å². The number of rotatable bonds is 9. The van der Waals surface area contributed by atoms with Crippen molar-refractivity contribution < 1.29 is 36.9 Å². The maximum absolute atomic E-state index is 12.9. The number of aliphatic hydroxyl groups excluding tert-OH is 1. The van der Waals surface area contributed by atoms with E-state index in [0.717, 1.165) is 77.7 Å². The lowest BCUT2D eigenvalue weighted by Crippen LogP contribution is -2.46. The molecule has 5 nitrogen and oxygen atoms in total. The van der Waals surface area contributed by atoms with Crippen LogP contribution in [0.5, 0.6) is 5.75 Å². The number of carbonyl (C=O) groups excluding carboxylic acids is 1. The van der Waals surface area contributed by atoms with Crippen LogP contribution in [0.3, 0.4) is 0 Å². The molecule has 2 saturated heterocycles. The van der Waals surface area contributed by atoms with Crippen LogP contribution in [0.4, 0.5) is 22.4 Å². The molecule has 6 atom stereocenters. The average Bonchev–Trinajstić information content (AvgIpc) is 3.40. The molecule has 1 N–H and O–H groups in total. The third kappa shape index (κ3) is 9.27. The second-order valence-electron chi connectivity index (χ2n) is 16.8. The predicted molar refractivity (Wildman–Crippen MR) is 201 cm³/mol. The first-order chi connectivity index (χ1) is 23.9. The van der Waals surface area contributed by atoms with Gasteiger partial charge in [0, 0.05) is 32.7 Å². The number of aliphatic hydroxyl groups is 1.